The summed E-state index contributed by atoms with van der Waals surface area (Å²) in [4.78, 5) is 19.5. The third kappa shape index (κ3) is 2.81. The summed E-state index contributed by atoms with van der Waals surface area (Å²) in [6, 6.07) is 6.67. The fourth-order valence-electron chi connectivity index (χ4n) is 3.27. The third-order valence-electron chi connectivity index (χ3n) is 4.67. The normalized spacial score (nSPS) is 21.7. The number of amides is 1. The van der Waals surface area contributed by atoms with E-state index < -0.39 is 0 Å². The predicted octanol–water partition coefficient (Wildman–Crippen LogP) is 2.69. The van der Waals surface area contributed by atoms with Crippen LogP contribution in [0.2, 0.25) is 0 Å². The summed E-state index contributed by atoms with van der Waals surface area (Å²) in [7, 11) is 0. The van der Waals surface area contributed by atoms with Gasteiger partial charge in [0.05, 0.1) is 11.1 Å². The first-order valence-corrected chi connectivity index (χ1v) is 8.24. The summed E-state index contributed by atoms with van der Waals surface area (Å²) in [6.07, 6.45) is 2.25. The first-order valence-electron chi connectivity index (χ1n) is 8.24. The second-order valence-electron chi connectivity index (χ2n) is 6.64. The molecule has 4 nitrogen and oxygen atoms in total. The van der Waals surface area contributed by atoms with E-state index in [0.29, 0.717) is 35.5 Å². The molecule has 2 fully saturated rings. The Morgan fingerprint density at radius 1 is 1.35 bits per heavy atom. The van der Waals surface area contributed by atoms with Gasteiger partial charge in [-0.05, 0) is 44.0 Å². The van der Waals surface area contributed by atoms with Crippen LogP contribution in [-0.4, -0.2) is 41.5 Å². The van der Waals surface area contributed by atoms with E-state index in [1.165, 1.54) is 12.1 Å². The SMILES string of the molecule is CC1CN(C(=O)c2cc(C3CC3)nc3ccc(F)cc23)CCN1. The third-order valence-corrected chi connectivity index (χ3v) is 4.67. The Morgan fingerprint density at radius 2 is 2.17 bits per heavy atom. The predicted molar refractivity (Wildman–Crippen MR) is 87.0 cm³/mol. The molecule has 1 saturated heterocycles. The first-order chi connectivity index (χ1) is 11.1. The smallest absolute Gasteiger partial charge is 0.254 e. The molecule has 1 N–H and O–H groups in total. The van der Waals surface area contributed by atoms with Gasteiger partial charge in [-0.15, -0.1) is 0 Å². The topological polar surface area (TPSA) is 45.2 Å². The molecule has 1 atom stereocenters. The summed E-state index contributed by atoms with van der Waals surface area (Å²) >= 11 is 0. The Balaban J connectivity index is 1.80. The number of piperazine rings is 1. The molecule has 120 valence electrons. The Labute approximate surface area is 134 Å². The van der Waals surface area contributed by atoms with Crippen molar-refractivity contribution in [3.8, 4) is 0 Å². The van der Waals surface area contributed by atoms with Gasteiger partial charge in [-0.3, -0.25) is 9.78 Å². The number of rotatable bonds is 2. The quantitative estimate of drug-likeness (QED) is 0.927. The van der Waals surface area contributed by atoms with Gasteiger partial charge in [0.2, 0.25) is 0 Å². The number of benzene rings is 1. The van der Waals surface area contributed by atoms with Crippen molar-refractivity contribution in [2.24, 2.45) is 0 Å². The Hall–Kier alpha value is -2.01. The zero-order valence-corrected chi connectivity index (χ0v) is 13.2. The monoisotopic (exact) mass is 313 g/mol. The Morgan fingerprint density at radius 3 is 2.91 bits per heavy atom. The standard InChI is InChI=1S/C18H20FN3O/c1-11-10-22(7-6-20-11)18(23)15-9-17(12-2-3-12)21-16-5-4-13(19)8-14(15)16/h4-5,8-9,11-12,20H,2-3,6-7,10H2,1H3. The number of nitrogens with zero attached hydrogens (tertiary/aromatic N) is 2. The van der Waals surface area contributed by atoms with Gasteiger partial charge in [-0.2, -0.15) is 0 Å². The minimum Gasteiger partial charge on any atom is -0.336 e. The van der Waals surface area contributed by atoms with Crippen LogP contribution in [0.4, 0.5) is 4.39 Å². The number of halogens is 1. The van der Waals surface area contributed by atoms with Crippen molar-refractivity contribution in [3.05, 3.63) is 41.3 Å². The molecule has 1 aromatic carbocycles. The number of carbonyl (C=O) groups excluding carboxylic acids is 1. The van der Waals surface area contributed by atoms with Gasteiger partial charge in [0.1, 0.15) is 5.82 Å². The summed E-state index contributed by atoms with van der Waals surface area (Å²) < 4.78 is 13.7. The average molecular weight is 313 g/mol. The highest BCUT2D eigenvalue weighted by atomic mass is 19.1. The van der Waals surface area contributed by atoms with Crippen LogP contribution >= 0.6 is 0 Å². The number of hydrogen-bond acceptors (Lipinski definition) is 3. The first kappa shape index (κ1) is 14.6. The van der Waals surface area contributed by atoms with Crippen LogP contribution in [0, 0.1) is 5.82 Å². The molecule has 23 heavy (non-hydrogen) atoms. The fraction of sp³-hybridized carbons (Fsp3) is 0.444. The van der Waals surface area contributed by atoms with Crippen LogP contribution in [-0.2, 0) is 0 Å². The highest BCUT2D eigenvalue weighted by Gasteiger charge is 2.29. The van der Waals surface area contributed by atoms with Crippen molar-refractivity contribution >= 4 is 16.8 Å². The molecule has 1 aliphatic heterocycles. The average Bonchev–Trinajstić information content (AvgIpc) is 3.38. The van der Waals surface area contributed by atoms with Crippen LogP contribution in [0.3, 0.4) is 0 Å². The molecule has 0 bridgehead atoms. The molecule has 2 heterocycles. The van der Waals surface area contributed by atoms with Crippen LogP contribution < -0.4 is 5.32 Å². The maximum absolute atomic E-state index is 13.7. The number of fused-ring (bicyclic) bond motifs is 1. The van der Waals surface area contributed by atoms with Gasteiger partial charge in [-0.25, -0.2) is 4.39 Å². The molecule has 1 saturated carbocycles. The van der Waals surface area contributed by atoms with Crippen molar-refractivity contribution in [3.63, 3.8) is 0 Å². The number of nitrogens with one attached hydrogen (secondary N) is 1. The highest BCUT2D eigenvalue weighted by molar-refractivity contribution is 6.06. The summed E-state index contributed by atoms with van der Waals surface area (Å²) in [6.45, 7) is 4.22. The zero-order chi connectivity index (χ0) is 16.0. The van der Waals surface area contributed by atoms with E-state index in [9.17, 15) is 9.18 Å². The molecule has 1 amide bonds. The van der Waals surface area contributed by atoms with E-state index in [2.05, 4.69) is 17.2 Å². The van der Waals surface area contributed by atoms with E-state index in [1.807, 2.05) is 11.0 Å². The maximum Gasteiger partial charge on any atom is 0.254 e. The van der Waals surface area contributed by atoms with E-state index in [4.69, 9.17) is 0 Å². The molecule has 2 aliphatic rings. The molecular formula is C18H20FN3O. The van der Waals surface area contributed by atoms with E-state index in [0.717, 1.165) is 25.1 Å². The molecule has 1 unspecified atom stereocenters. The summed E-state index contributed by atoms with van der Waals surface area (Å²) in [5, 5.41) is 3.95. The van der Waals surface area contributed by atoms with Gasteiger partial charge in [0.25, 0.3) is 5.91 Å². The molecule has 0 spiro atoms. The van der Waals surface area contributed by atoms with E-state index in [1.54, 1.807) is 6.07 Å². The second kappa shape index (κ2) is 5.57. The lowest BCUT2D eigenvalue weighted by Crippen LogP contribution is -2.51. The largest absolute Gasteiger partial charge is 0.336 e. The second-order valence-corrected chi connectivity index (χ2v) is 6.64. The van der Waals surface area contributed by atoms with Crippen molar-refractivity contribution in [1.82, 2.24) is 15.2 Å². The fourth-order valence-corrected chi connectivity index (χ4v) is 3.27. The lowest BCUT2D eigenvalue weighted by atomic mass is 10.0. The van der Waals surface area contributed by atoms with Gasteiger partial charge in [0.15, 0.2) is 0 Å². The van der Waals surface area contributed by atoms with Crippen molar-refractivity contribution in [2.75, 3.05) is 19.6 Å². The maximum atomic E-state index is 13.7. The van der Waals surface area contributed by atoms with Crippen LogP contribution in [0.1, 0.15) is 41.7 Å². The van der Waals surface area contributed by atoms with Crippen molar-refractivity contribution in [2.45, 2.75) is 31.7 Å². The van der Waals surface area contributed by atoms with E-state index in [-0.39, 0.29) is 17.8 Å². The van der Waals surface area contributed by atoms with Gasteiger partial charge < -0.3 is 10.2 Å². The number of hydrogen-bond donors (Lipinski definition) is 1. The summed E-state index contributed by atoms with van der Waals surface area (Å²) in [5.41, 5.74) is 2.27. The van der Waals surface area contributed by atoms with Gasteiger partial charge in [-0.1, -0.05) is 0 Å². The molecule has 0 radical (unpaired) electrons. The van der Waals surface area contributed by atoms with Crippen molar-refractivity contribution in [1.29, 1.82) is 0 Å². The zero-order valence-electron chi connectivity index (χ0n) is 13.2. The molecule has 1 aromatic heterocycles. The van der Waals surface area contributed by atoms with Crippen molar-refractivity contribution < 1.29 is 9.18 Å². The number of carbonyl (C=O) groups is 1. The Bertz CT molecular complexity index is 772. The molecule has 4 rings (SSSR count). The van der Waals surface area contributed by atoms with Crippen LogP contribution in [0.15, 0.2) is 24.3 Å². The minimum absolute atomic E-state index is 0.0155. The molecule has 1 aliphatic carbocycles. The lowest BCUT2D eigenvalue weighted by Gasteiger charge is -2.32. The highest BCUT2D eigenvalue weighted by Crippen LogP contribution is 2.40. The lowest BCUT2D eigenvalue weighted by molar-refractivity contribution is 0.0711. The van der Waals surface area contributed by atoms with Crippen LogP contribution in [0.5, 0.6) is 0 Å². The van der Waals surface area contributed by atoms with E-state index >= 15 is 0 Å². The Kier molecular flexibility index (Phi) is 3.53. The minimum atomic E-state index is -0.332. The van der Waals surface area contributed by atoms with Gasteiger partial charge >= 0.3 is 0 Å². The van der Waals surface area contributed by atoms with Crippen LogP contribution in [0.25, 0.3) is 10.9 Å². The molecular weight excluding hydrogens is 293 g/mol. The molecule has 2 aromatic rings. The number of pyridine rings is 1. The molecule has 5 heteroatoms. The number of aromatic nitrogens is 1. The summed E-state index contributed by atoms with van der Waals surface area (Å²) in [5.74, 6) is 0.109. The van der Waals surface area contributed by atoms with Gasteiger partial charge in [0, 0.05) is 42.7 Å².